The Morgan fingerprint density at radius 1 is 0.582 bits per heavy atom. The first-order valence-corrected chi connectivity index (χ1v) is 32.7. The standard InChI is InChI=1S/C18H14BrS.C18H13S.C14H11F5O7S.C13H10BrF3O7S/c19-15-11-13-18(14-12-15)20(16-7-3-1-4-8-16)17-9-5-2-6-10-17;1-2-8-14(9-3-1)19-17-12-6-4-10-15(17)16-11-5-7-13-18(16)19;1-7(2)10(20)25-9-5-3-8(4-6-9)11(21)26-12(13(15,16)17)14(18,19)27(22,23)24;1-2-11(18)23-9-5-7(3-4-8(9)14)12(19)24-10(13(15,16)17)6-25(20,21)22/h1-14H;1-13H;3-6,12H,1H2,2H3,(H,22,23,24);2-5,10H,1,6H2,(H,20,21,22)/q2*+1;;/p-2. The second-order valence-corrected chi connectivity index (χ2v) is 27.1. The second kappa shape index (κ2) is 31.3. The summed E-state index contributed by atoms with van der Waals surface area (Å²) in [5, 5.41) is -3.16. The molecule has 0 aliphatic carbocycles. The molecule has 0 saturated carbocycles. The SMILES string of the molecule is Brc1ccc([S+](c2ccccc2)c2ccccc2)cc1.C=C(C)C(=O)Oc1ccc(C(=O)OC(C(F)(F)F)C(F)(F)S(=O)(=O)[O-])cc1.C=CC(=O)Oc1cc(C(=O)OC(CS(=O)(=O)[O-])C(F)(F)F)ccc1Br.c1ccc(-[s+]2c3ccccc3c3ccccc32)cc1. The maximum atomic E-state index is 13.3. The van der Waals surface area contributed by atoms with E-state index >= 15 is 0 Å². The first-order chi connectivity index (χ1) is 42.7. The normalized spacial score (nSPS) is 12.3. The van der Waals surface area contributed by atoms with Crippen LogP contribution in [0.5, 0.6) is 11.5 Å². The van der Waals surface area contributed by atoms with Gasteiger partial charge in [-0.05, 0) is 150 Å². The van der Waals surface area contributed by atoms with Crippen LogP contribution in [0.4, 0.5) is 35.1 Å². The smallest absolute Gasteiger partial charge is 0.432 e. The Morgan fingerprint density at radius 2 is 1.03 bits per heavy atom. The van der Waals surface area contributed by atoms with Gasteiger partial charge in [-0.2, -0.15) is 35.1 Å². The molecule has 28 heteroatoms. The van der Waals surface area contributed by atoms with Gasteiger partial charge in [0.15, 0.2) is 39.1 Å². The lowest BCUT2D eigenvalue weighted by atomic mass is 10.2. The number of alkyl halides is 8. The van der Waals surface area contributed by atoms with Crippen LogP contribution in [0.1, 0.15) is 27.6 Å². The third kappa shape index (κ3) is 20.2. The van der Waals surface area contributed by atoms with E-state index in [4.69, 9.17) is 9.47 Å². The Balaban J connectivity index is 0.000000194. The number of benzene rings is 8. The number of carbonyl (C=O) groups is 4. The van der Waals surface area contributed by atoms with Crippen molar-refractivity contribution in [2.45, 2.75) is 51.4 Å². The first-order valence-electron chi connectivity index (χ1n) is 25.7. The molecule has 0 saturated heterocycles. The molecule has 91 heavy (non-hydrogen) atoms. The van der Waals surface area contributed by atoms with E-state index in [0.717, 1.165) is 46.9 Å². The maximum absolute atomic E-state index is 13.3. The molecule has 1 heterocycles. The second-order valence-electron chi connectivity index (χ2n) is 18.5. The summed E-state index contributed by atoms with van der Waals surface area (Å²) in [6.07, 6.45) is -18.1. The molecule has 0 spiro atoms. The third-order valence-electron chi connectivity index (χ3n) is 11.8. The molecule has 1 aromatic heterocycles. The van der Waals surface area contributed by atoms with E-state index < -0.39 is 90.8 Å². The molecule has 0 fully saturated rings. The third-order valence-corrected chi connectivity index (χ3v) is 19.2. The highest BCUT2D eigenvalue weighted by Crippen LogP contribution is 2.48. The molecule has 476 valence electrons. The zero-order chi connectivity index (χ0) is 67.1. The molecule has 14 nitrogen and oxygen atoms in total. The highest BCUT2D eigenvalue weighted by atomic mass is 79.9. The number of rotatable bonds is 16. The number of hydrogen-bond donors (Lipinski definition) is 0. The van der Waals surface area contributed by atoms with E-state index in [1.807, 2.05) is 0 Å². The summed E-state index contributed by atoms with van der Waals surface area (Å²) < 4.78 is 187. The fraction of sp³-hybridized carbons (Fsp3) is 0.111. The zero-order valence-corrected chi connectivity index (χ0v) is 53.0. The van der Waals surface area contributed by atoms with Crippen molar-refractivity contribution in [2.75, 3.05) is 5.75 Å². The van der Waals surface area contributed by atoms with E-state index in [2.05, 4.69) is 218 Å². The van der Waals surface area contributed by atoms with E-state index in [9.17, 15) is 80.2 Å². The van der Waals surface area contributed by atoms with Crippen LogP contribution in [-0.4, -0.2) is 85.4 Å². The van der Waals surface area contributed by atoms with Crippen molar-refractivity contribution in [1.82, 2.24) is 0 Å². The molecule has 0 aliphatic heterocycles. The van der Waals surface area contributed by atoms with Gasteiger partial charge in [-0.1, -0.05) is 108 Å². The van der Waals surface area contributed by atoms with Crippen LogP contribution >= 0.6 is 42.3 Å². The van der Waals surface area contributed by atoms with Gasteiger partial charge in [-0.25, -0.2) is 36.0 Å². The minimum absolute atomic E-state index is 0.0209. The molecule has 0 N–H and O–H groups in total. The molecule has 9 rings (SSSR count). The van der Waals surface area contributed by atoms with E-state index in [0.29, 0.717) is 0 Å². The molecule has 0 radical (unpaired) electrons. The lowest BCUT2D eigenvalue weighted by molar-refractivity contribution is -0.248. The van der Waals surface area contributed by atoms with Crippen LogP contribution < -0.4 is 9.47 Å². The van der Waals surface area contributed by atoms with Crippen molar-refractivity contribution in [3.63, 3.8) is 0 Å². The van der Waals surface area contributed by atoms with Gasteiger partial charge in [-0.3, -0.25) is 0 Å². The monoisotopic (exact) mass is 1460 g/mol. The van der Waals surface area contributed by atoms with Crippen LogP contribution in [-0.2, 0) is 50.2 Å². The summed E-state index contributed by atoms with van der Waals surface area (Å²) in [7, 11) is -12.1. The average molecular weight is 1470 g/mol. The molecular formula is C63H46Br2F8O14S4. The Hall–Kier alpha value is -8.09. The van der Waals surface area contributed by atoms with Gasteiger partial charge >= 0.3 is 41.5 Å². The predicted molar refractivity (Wildman–Crippen MR) is 331 cm³/mol. The Kier molecular flexibility index (Phi) is 24.7. The van der Waals surface area contributed by atoms with Crippen molar-refractivity contribution in [1.29, 1.82) is 0 Å². The van der Waals surface area contributed by atoms with Crippen LogP contribution in [0.3, 0.4) is 0 Å². The van der Waals surface area contributed by atoms with Crippen LogP contribution in [0.2, 0.25) is 0 Å². The first kappa shape index (κ1) is 72.0. The van der Waals surface area contributed by atoms with Gasteiger partial charge in [0.1, 0.15) is 11.5 Å². The van der Waals surface area contributed by atoms with Crippen LogP contribution in [0.15, 0.2) is 255 Å². The summed E-state index contributed by atoms with van der Waals surface area (Å²) in [5.41, 5.74) is -1.15. The van der Waals surface area contributed by atoms with Gasteiger partial charge < -0.3 is 28.1 Å². The maximum Gasteiger partial charge on any atom is 0.432 e. The van der Waals surface area contributed by atoms with Gasteiger partial charge in [0.2, 0.25) is 6.10 Å². The van der Waals surface area contributed by atoms with Crippen molar-refractivity contribution >= 4 is 118 Å². The highest BCUT2D eigenvalue weighted by Gasteiger charge is 2.63. The van der Waals surface area contributed by atoms with Crippen molar-refractivity contribution in [2.24, 2.45) is 0 Å². The van der Waals surface area contributed by atoms with Gasteiger partial charge in [-0.15, -0.1) is 0 Å². The predicted octanol–water partition coefficient (Wildman–Crippen LogP) is 15.8. The molecule has 0 bridgehead atoms. The molecule has 2 atom stereocenters. The topological polar surface area (TPSA) is 220 Å². The fourth-order valence-electron chi connectivity index (χ4n) is 7.68. The summed E-state index contributed by atoms with van der Waals surface area (Å²) >= 11 is 6.51. The molecule has 2 unspecified atom stereocenters. The number of fused-ring (bicyclic) bond motifs is 3. The number of carbonyl (C=O) groups excluding carboxylic acids is 4. The molecular weight excluding hydrogens is 1420 g/mol. The Morgan fingerprint density at radius 3 is 1.48 bits per heavy atom. The van der Waals surface area contributed by atoms with E-state index in [1.165, 1.54) is 52.7 Å². The van der Waals surface area contributed by atoms with Crippen LogP contribution in [0, 0.1) is 0 Å². The highest BCUT2D eigenvalue weighted by molar-refractivity contribution is 9.10. The van der Waals surface area contributed by atoms with Crippen molar-refractivity contribution < 1.29 is 99.2 Å². The average Bonchev–Trinajstić information content (AvgIpc) is 1.70. The van der Waals surface area contributed by atoms with E-state index in [1.54, 1.807) is 0 Å². The number of ether oxygens (including phenoxy) is 4. The number of thiophene rings is 1. The minimum atomic E-state index is -6.79. The zero-order valence-electron chi connectivity index (χ0n) is 46.6. The molecule has 9 aromatic rings. The lowest BCUT2D eigenvalue weighted by Gasteiger charge is -2.29. The summed E-state index contributed by atoms with van der Waals surface area (Å²) in [6.45, 7) is 7.78. The van der Waals surface area contributed by atoms with Crippen LogP contribution in [0.25, 0.3) is 25.1 Å². The van der Waals surface area contributed by atoms with Crippen molar-refractivity contribution in [3.8, 4) is 16.4 Å². The summed E-state index contributed by atoms with van der Waals surface area (Å²) in [6, 6.07) is 64.9. The van der Waals surface area contributed by atoms with Crippen molar-refractivity contribution in [3.05, 3.63) is 251 Å². The van der Waals surface area contributed by atoms with Gasteiger partial charge in [0.25, 0.3) is 6.10 Å². The molecule has 0 amide bonds. The lowest BCUT2D eigenvalue weighted by Crippen LogP contribution is -2.52. The largest absolute Gasteiger partial charge is 0.748 e. The molecule has 0 aliphatic rings. The Bertz CT molecular complexity index is 4180. The number of halogens is 10. The molecule has 8 aromatic carbocycles. The summed E-state index contributed by atoms with van der Waals surface area (Å²) in [4.78, 5) is 51.3. The summed E-state index contributed by atoms with van der Waals surface area (Å²) in [5.74, 6) is -7.61. The minimum Gasteiger partial charge on any atom is -0.748 e. The quantitative estimate of drug-likeness (QED) is 0.0219. The Labute approximate surface area is 537 Å². The van der Waals surface area contributed by atoms with E-state index in [-0.39, 0.29) is 42.9 Å². The fourth-order valence-corrected chi connectivity index (χ4v) is 13.8. The van der Waals surface area contributed by atoms with Gasteiger partial charge in [0.05, 0.1) is 42.4 Å². The van der Waals surface area contributed by atoms with Gasteiger partial charge in [0, 0.05) is 37.4 Å². The number of esters is 4. The number of hydrogen-bond acceptors (Lipinski definition) is 14.